The van der Waals surface area contributed by atoms with Crippen LogP contribution in [-0.4, -0.2) is 32.6 Å². The standard InChI is InChI=1S/C16H25NO/c1-17(2)12-14-7-4-5-10-16(14)13-8-6-9-15(11-13)18-3/h6,8-9,11,14,16H,4-5,7,10,12H2,1-3H3/t14-,16?/m0/s1. The SMILES string of the molecule is COc1cccc(C2CCCC[C@H]2CN(C)C)c1. The Hall–Kier alpha value is -1.02. The minimum Gasteiger partial charge on any atom is -0.497 e. The van der Waals surface area contributed by atoms with Crippen LogP contribution in [0.25, 0.3) is 0 Å². The third kappa shape index (κ3) is 3.26. The number of hydrogen-bond acceptors (Lipinski definition) is 2. The Morgan fingerprint density at radius 3 is 2.72 bits per heavy atom. The van der Waals surface area contributed by atoms with Gasteiger partial charge in [0.25, 0.3) is 0 Å². The molecule has 0 heterocycles. The molecule has 0 radical (unpaired) electrons. The number of ether oxygens (including phenoxy) is 1. The molecule has 0 amide bonds. The predicted molar refractivity (Wildman–Crippen MR) is 76.2 cm³/mol. The molecule has 0 aromatic heterocycles. The van der Waals surface area contributed by atoms with E-state index < -0.39 is 0 Å². The van der Waals surface area contributed by atoms with Crippen molar-refractivity contribution in [1.82, 2.24) is 4.90 Å². The fourth-order valence-corrected chi connectivity index (χ4v) is 3.21. The van der Waals surface area contributed by atoms with Crippen molar-refractivity contribution < 1.29 is 4.74 Å². The fraction of sp³-hybridized carbons (Fsp3) is 0.625. The lowest BCUT2D eigenvalue weighted by molar-refractivity contribution is 0.233. The average Bonchev–Trinajstić information content (AvgIpc) is 2.39. The second-order valence-corrected chi connectivity index (χ2v) is 5.69. The van der Waals surface area contributed by atoms with Crippen LogP contribution in [0.2, 0.25) is 0 Å². The average molecular weight is 247 g/mol. The fourth-order valence-electron chi connectivity index (χ4n) is 3.21. The molecular formula is C16H25NO. The van der Waals surface area contributed by atoms with Crippen LogP contribution in [0.15, 0.2) is 24.3 Å². The smallest absolute Gasteiger partial charge is 0.119 e. The van der Waals surface area contributed by atoms with E-state index in [1.165, 1.54) is 37.8 Å². The largest absolute Gasteiger partial charge is 0.497 e. The summed E-state index contributed by atoms with van der Waals surface area (Å²) in [5.41, 5.74) is 1.46. The van der Waals surface area contributed by atoms with Crippen molar-refractivity contribution in [2.75, 3.05) is 27.7 Å². The lowest BCUT2D eigenvalue weighted by Crippen LogP contribution is -2.28. The third-order valence-electron chi connectivity index (χ3n) is 4.03. The Labute approximate surface area is 111 Å². The van der Waals surface area contributed by atoms with Gasteiger partial charge in [0.05, 0.1) is 7.11 Å². The zero-order valence-electron chi connectivity index (χ0n) is 11.9. The first-order chi connectivity index (χ1) is 8.70. The van der Waals surface area contributed by atoms with Gasteiger partial charge in [-0.2, -0.15) is 0 Å². The van der Waals surface area contributed by atoms with Gasteiger partial charge in [-0.15, -0.1) is 0 Å². The molecule has 1 aliphatic carbocycles. The second kappa shape index (κ2) is 6.24. The van der Waals surface area contributed by atoms with E-state index in [4.69, 9.17) is 4.74 Å². The predicted octanol–water partition coefficient (Wildman–Crippen LogP) is 3.53. The molecule has 0 saturated heterocycles. The first kappa shape index (κ1) is 13.4. The Kier molecular flexibility index (Phi) is 4.65. The quantitative estimate of drug-likeness (QED) is 0.807. The zero-order valence-corrected chi connectivity index (χ0v) is 11.9. The molecule has 0 N–H and O–H groups in total. The summed E-state index contributed by atoms with van der Waals surface area (Å²) in [6, 6.07) is 8.64. The lowest BCUT2D eigenvalue weighted by atomic mass is 9.75. The number of hydrogen-bond donors (Lipinski definition) is 0. The molecule has 2 nitrogen and oxygen atoms in total. The molecule has 18 heavy (non-hydrogen) atoms. The van der Waals surface area contributed by atoms with E-state index in [9.17, 15) is 0 Å². The van der Waals surface area contributed by atoms with Gasteiger partial charge in [0.2, 0.25) is 0 Å². The molecule has 0 spiro atoms. The monoisotopic (exact) mass is 247 g/mol. The summed E-state index contributed by atoms with van der Waals surface area (Å²) < 4.78 is 5.35. The van der Waals surface area contributed by atoms with Gasteiger partial charge in [0, 0.05) is 6.54 Å². The highest BCUT2D eigenvalue weighted by Gasteiger charge is 2.26. The van der Waals surface area contributed by atoms with Crippen molar-refractivity contribution in [3.63, 3.8) is 0 Å². The summed E-state index contributed by atoms with van der Waals surface area (Å²) in [6.45, 7) is 1.20. The lowest BCUT2D eigenvalue weighted by Gasteiger charge is -2.34. The van der Waals surface area contributed by atoms with Crippen LogP contribution < -0.4 is 4.74 Å². The van der Waals surface area contributed by atoms with Crippen LogP contribution in [0.5, 0.6) is 5.75 Å². The first-order valence-electron chi connectivity index (χ1n) is 6.99. The highest BCUT2D eigenvalue weighted by atomic mass is 16.5. The Bertz CT molecular complexity index is 375. The number of rotatable bonds is 4. The number of methoxy groups -OCH3 is 1. The van der Waals surface area contributed by atoms with Gasteiger partial charge in [-0.05, 0) is 56.5 Å². The molecule has 1 saturated carbocycles. The van der Waals surface area contributed by atoms with Crippen LogP contribution >= 0.6 is 0 Å². The van der Waals surface area contributed by atoms with E-state index in [0.29, 0.717) is 5.92 Å². The van der Waals surface area contributed by atoms with Crippen LogP contribution in [0.4, 0.5) is 0 Å². The summed E-state index contributed by atoms with van der Waals surface area (Å²) in [7, 11) is 6.10. The van der Waals surface area contributed by atoms with E-state index in [0.717, 1.165) is 11.7 Å². The van der Waals surface area contributed by atoms with Gasteiger partial charge in [0.15, 0.2) is 0 Å². The molecule has 100 valence electrons. The van der Waals surface area contributed by atoms with E-state index in [1.54, 1.807) is 7.11 Å². The maximum atomic E-state index is 5.35. The molecule has 1 aromatic carbocycles. The summed E-state index contributed by atoms with van der Waals surface area (Å²) in [6.07, 6.45) is 5.44. The van der Waals surface area contributed by atoms with E-state index in [1.807, 2.05) is 6.07 Å². The number of benzene rings is 1. The first-order valence-corrected chi connectivity index (χ1v) is 6.99. The van der Waals surface area contributed by atoms with E-state index in [2.05, 4.69) is 37.2 Å². The van der Waals surface area contributed by atoms with Crippen molar-refractivity contribution in [1.29, 1.82) is 0 Å². The Morgan fingerprint density at radius 2 is 2.00 bits per heavy atom. The maximum absolute atomic E-state index is 5.35. The van der Waals surface area contributed by atoms with E-state index in [-0.39, 0.29) is 0 Å². The molecule has 1 aromatic rings. The molecule has 1 aliphatic rings. The van der Waals surface area contributed by atoms with Gasteiger partial charge in [-0.1, -0.05) is 25.0 Å². The topological polar surface area (TPSA) is 12.5 Å². The van der Waals surface area contributed by atoms with Gasteiger partial charge < -0.3 is 9.64 Å². The summed E-state index contributed by atoms with van der Waals surface area (Å²) in [4.78, 5) is 2.32. The molecular weight excluding hydrogens is 222 g/mol. The molecule has 0 aliphatic heterocycles. The van der Waals surface area contributed by atoms with Crippen molar-refractivity contribution in [3.05, 3.63) is 29.8 Å². The molecule has 1 unspecified atom stereocenters. The second-order valence-electron chi connectivity index (χ2n) is 5.69. The van der Waals surface area contributed by atoms with Gasteiger partial charge in [-0.3, -0.25) is 0 Å². The van der Waals surface area contributed by atoms with Gasteiger partial charge >= 0.3 is 0 Å². The summed E-state index contributed by atoms with van der Waals surface area (Å²) in [5, 5.41) is 0. The van der Waals surface area contributed by atoms with Crippen molar-refractivity contribution in [3.8, 4) is 5.75 Å². The normalized spacial score (nSPS) is 24.2. The van der Waals surface area contributed by atoms with Gasteiger partial charge in [0.1, 0.15) is 5.75 Å². The Morgan fingerprint density at radius 1 is 1.22 bits per heavy atom. The summed E-state index contributed by atoms with van der Waals surface area (Å²) >= 11 is 0. The minimum absolute atomic E-state index is 0.705. The van der Waals surface area contributed by atoms with E-state index >= 15 is 0 Å². The molecule has 2 rings (SSSR count). The zero-order chi connectivity index (χ0) is 13.0. The summed E-state index contributed by atoms with van der Waals surface area (Å²) in [5.74, 6) is 2.48. The van der Waals surface area contributed by atoms with Crippen LogP contribution in [-0.2, 0) is 0 Å². The molecule has 1 fully saturated rings. The Balaban J connectivity index is 2.16. The molecule has 2 heteroatoms. The number of nitrogens with zero attached hydrogens (tertiary/aromatic N) is 1. The van der Waals surface area contributed by atoms with Gasteiger partial charge in [-0.25, -0.2) is 0 Å². The van der Waals surface area contributed by atoms with Crippen molar-refractivity contribution >= 4 is 0 Å². The molecule has 0 bridgehead atoms. The minimum atomic E-state index is 0.705. The van der Waals surface area contributed by atoms with Crippen LogP contribution in [0.1, 0.15) is 37.2 Å². The van der Waals surface area contributed by atoms with Crippen molar-refractivity contribution in [2.45, 2.75) is 31.6 Å². The van der Waals surface area contributed by atoms with Crippen molar-refractivity contribution in [2.24, 2.45) is 5.92 Å². The van der Waals surface area contributed by atoms with Crippen LogP contribution in [0, 0.1) is 5.92 Å². The molecule has 2 atom stereocenters. The van der Waals surface area contributed by atoms with Crippen LogP contribution in [0.3, 0.4) is 0 Å². The highest BCUT2D eigenvalue weighted by Crippen LogP contribution is 2.38. The third-order valence-corrected chi connectivity index (χ3v) is 4.03. The maximum Gasteiger partial charge on any atom is 0.119 e. The highest BCUT2D eigenvalue weighted by molar-refractivity contribution is 5.31.